The summed E-state index contributed by atoms with van der Waals surface area (Å²) < 4.78 is 5.84. The molecule has 0 saturated heterocycles. The number of rotatable bonds is 4. The van der Waals surface area contributed by atoms with Crippen LogP contribution in [0.1, 0.15) is 28.0 Å². The molecule has 3 aromatic carbocycles. The van der Waals surface area contributed by atoms with Crippen molar-refractivity contribution in [1.29, 1.82) is 0 Å². The highest BCUT2D eigenvalue weighted by Gasteiger charge is 2.41. The minimum Gasteiger partial charge on any atom is -0.508 e. The van der Waals surface area contributed by atoms with Crippen molar-refractivity contribution in [3.63, 3.8) is 0 Å². The summed E-state index contributed by atoms with van der Waals surface area (Å²) in [5.74, 6) is -1.47. The SMILES string of the molecule is Oc1cc(O)c2c(c1)O[C@H](c1cc(O)c(O)c(O)c1)[C@H](O)[C@H]2SCc1ccccc1. The molecule has 0 aliphatic carbocycles. The van der Waals surface area contributed by atoms with Gasteiger partial charge in [0.15, 0.2) is 23.4 Å². The second kappa shape index (κ2) is 7.89. The van der Waals surface area contributed by atoms with E-state index in [2.05, 4.69) is 0 Å². The first-order chi connectivity index (χ1) is 14.3. The molecule has 0 amide bonds. The normalized spacial score (nSPS) is 20.4. The first kappa shape index (κ1) is 20.1. The summed E-state index contributed by atoms with van der Waals surface area (Å²) in [6, 6.07) is 14.5. The van der Waals surface area contributed by atoms with Crippen molar-refractivity contribution in [2.45, 2.75) is 23.2 Å². The molecule has 6 N–H and O–H groups in total. The lowest BCUT2D eigenvalue weighted by Crippen LogP contribution is -2.33. The van der Waals surface area contributed by atoms with Crippen molar-refractivity contribution in [2.24, 2.45) is 0 Å². The van der Waals surface area contributed by atoms with Gasteiger partial charge in [-0.15, -0.1) is 11.8 Å². The molecule has 4 rings (SSSR count). The minimum atomic E-state index is -1.16. The molecule has 3 atom stereocenters. The van der Waals surface area contributed by atoms with Gasteiger partial charge >= 0.3 is 0 Å². The van der Waals surface area contributed by atoms with E-state index in [-0.39, 0.29) is 22.8 Å². The Labute approximate surface area is 176 Å². The fraction of sp³-hybridized carbons (Fsp3) is 0.182. The van der Waals surface area contributed by atoms with Gasteiger partial charge in [0.25, 0.3) is 0 Å². The number of aromatic hydroxyl groups is 5. The van der Waals surface area contributed by atoms with Crippen LogP contribution in [0.4, 0.5) is 0 Å². The molecule has 0 fully saturated rings. The number of phenolic OH excluding ortho intramolecular Hbond substituents is 5. The molecule has 0 aromatic heterocycles. The lowest BCUT2D eigenvalue weighted by molar-refractivity contribution is 0.0173. The van der Waals surface area contributed by atoms with E-state index in [1.54, 1.807) is 0 Å². The third-order valence-electron chi connectivity index (χ3n) is 4.96. The van der Waals surface area contributed by atoms with E-state index in [9.17, 15) is 30.6 Å². The molecular formula is C22H20O7S. The van der Waals surface area contributed by atoms with Gasteiger partial charge in [0.2, 0.25) is 0 Å². The van der Waals surface area contributed by atoms with E-state index < -0.39 is 34.7 Å². The third-order valence-corrected chi connectivity index (χ3v) is 6.33. The Hall–Kier alpha value is -3.23. The Morgan fingerprint density at radius 2 is 1.50 bits per heavy atom. The number of aliphatic hydroxyl groups excluding tert-OH is 1. The fourth-order valence-corrected chi connectivity index (χ4v) is 4.82. The molecule has 0 bridgehead atoms. The number of phenols is 5. The predicted molar refractivity (Wildman–Crippen MR) is 111 cm³/mol. The van der Waals surface area contributed by atoms with Crippen LogP contribution in [-0.4, -0.2) is 36.7 Å². The van der Waals surface area contributed by atoms with Crippen LogP contribution in [0.2, 0.25) is 0 Å². The second-order valence-electron chi connectivity index (χ2n) is 7.03. The Balaban J connectivity index is 1.74. The quantitative estimate of drug-likeness (QED) is 0.347. The van der Waals surface area contributed by atoms with Crippen LogP contribution in [0.25, 0.3) is 0 Å². The smallest absolute Gasteiger partial charge is 0.200 e. The number of ether oxygens (including phenoxy) is 1. The molecule has 0 radical (unpaired) electrons. The van der Waals surface area contributed by atoms with Gasteiger partial charge < -0.3 is 35.4 Å². The van der Waals surface area contributed by atoms with Gasteiger partial charge in [-0.2, -0.15) is 0 Å². The average Bonchev–Trinajstić information content (AvgIpc) is 2.71. The summed E-state index contributed by atoms with van der Waals surface area (Å²) >= 11 is 1.39. The first-order valence-electron chi connectivity index (χ1n) is 9.16. The van der Waals surface area contributed by atoms with Gasteiger partial charge in [-0.3, -0.25) is 0 Å². The number of hydrogen-bond acceptors (Lipinski definition) is 8. The molecule has 0 saturated carbocycles. The Morgan fingerprint density at radius 1 is 0.833 bits per heavy atom. The number of aliphatic hydroxyl groups is 1. The Morgan fingerprint density at radius 3 is 2.17 bits per heavy atom. The van der Waals surface area contributed by atoms with Crippen LogP contribution in [-0.2, 0) is 5.75 Å². The van der Waals surface area contributed by atoms with Gasteiger partial charge in [0.05, 0.1) is 10.8 Å². The molecule has 0 spiro atoms. The van der Waals surface area contributed by atoms with E-state index in [0.717, 1.165) is 5.56 Å². The highest BCUT2D eigenvalue weighted by molar-refractivity contribution is 7.98. The summed E-state index contributed by atoms with van der Waals surface area (Å²) in [7, 11) is 0. The number of benzene rings is 3. The minimum absolute atomic E-state index is 0.181. The maximum absolute atomic E-state index is 11.1. The average molecular weight is 428 g/mol. The van der Waals surface area contributed by atoms with Crippen molar-refractivity contribution in [1.82, 2.24) is 0 Å². The molecule has 1 heterocycles. The Bertz CT molecular complexity index is 1050. The molecule has 156 valence electrons. The van der Waals surface area contributed by atoms with Gasteiger partial charge in [-0.05, 0) is 17.7 Å². The zero-order chi connectivity index (χ0) is 21.4. The lowest BCUT2D eigenvalue weighted by atomic mass is 9.93. The summed E-state index contributed by atoms with van der Waals surface area (Å²) in [6.07, 6.45) is -2.19. The summed E-state index contributed by atoms with van der Waals surface area (Å²) in [5.41, 5.74) is 1.61. The topological polar surface area (TPSA) is 131 Å². The molecule has 8 heteroatoms. The van der Waals surface area contributed by atoms with Gasteiger partial charge in [-0.1, -0.05) is 30.3 Å². The molecular weight excluding hydrogens is 408 g/mol. The van der Waals surface area contributed by atoms with E-state index in [4.69, 9.17) is 4.74 Å². The van der Waals surface area contributed by atoms with Crippen LogP contribution >= 0.6 is 11.8 Å². The van der Waals surface area contributed by atoms with Crippen LogP contribution in [0, 0.1) is 0 Å². The largest absolute Gasteiger partial charge is 0.508 e. The van der Waals surface area contributed by atoms with Crippen LogP contribution in [0.15, 0.2) is 54.6 Å². The molecule has 1 aliphatic heterocycles. The zero-order valence-electron chi connectivity index (χ0n) is 15.6. The molecule has 3 aromatic rings. The van der Waals surface area contributed by atoms with Crippen molar-refractivity contribution in [3.8, 4) is 34.5 Å². The van der Waals surface area contributed by atoms with Gasteiger partial charge in [0.1, 0.15) is 23.4 Å². The predicted octanol–water partition coefficient (Wildman–Crippen LogP) is 3.68. The molecule has 30 heavy (non-hydrogen) atoms. The second-order valence-corrected chi connectivity index (χ2v) is 8.16. The molecule has 7 nitrogen and oxygen atoms in total. The van der Waals surface area contributed by atoms with Crippen LogP contribution in [0.5, 0.6) is 34.5 Å². The monoisotopic (exact) mass is 428 g/mol. The third kappa shape index (κ3) is 3.67. The summed E-state index contributed by atoms with van der Waals surface area (Å²) in [5, 5.41) is 60.1. The number of hydrogen-bond donors (Lipinski definition) is 6. The van der Waals surface area contributed by atoms with Gasteiger partial charge in [0, 0.05) is 23.4 Å². The van der Waals surface area contributed by atoms with Crippen molar-refractivity contribution in [3.05, 3.63) is 71.3 Å². The van der Waals surface area contributed by atoms with Crippen LogP contribution < -0.4 is 4.74 Å². The lowest BCUT2D eigenvalue weighted by Gasteiger charge is -2.37. The highest BCUT2D eigenvalue weighted by Crippen LogP contribution is 2.53. The first-order valence-corrected chi connectivity index (χ1v) is 10.2. The maximum Gasteiger partial charge on any atom is 0.200 e. The number of fused-ring (bicyclic) bond motifs is 1. The van der Waals surface area contributed by atoms with E-state index in [1.165, 1.54) is 36.0 Å². The molecule has 1 aliphatic rings. The van der Waals surface area contributed by atoms with E-state index in [1.807, 2.05) is 30.3 Å². The number of thioether (sulfide) groups is 1. The van der Waals surface area contributed by atoms with Crippen LogP contribution in [0.3, 0.4) is 0 Å². The van der Waals surface area contributed by atoms with Crippen molar-refractivity contribution < 1.29 is 35.4 Å². The van der Waals surface area contributed by atoms with Crippen molar-refractivity contribution in [2.75, 3.05) is 0 Å². The maximum atomic E-state index is 11.1. The standard InChI is InChI=1S/C22H20O7S/c23-13-8-14(24)18-17(9-13)29-21(12-6-15(25)19(27)16(26)7-12)20(28)22(18)30-10-11-4-2-1-3-5-11/h1-9,20-28H,10H2/t20-,21+,22-/m0/s1. The zero-order valence-corrected chi connectivity index (χ0v) is 16.5. The highest BCUT2D eigenvalue weighted by atomic mass is 32.2. The van der Waals surface area contributed by atoms with Gasteiger partial charge in [-0.25, -0.2) is 0 Å². The fourth-order valence-electron chi connectivity index (χ4n) is 3.51. The van der Waals surface area contributed by atoms with Crippen molar-refractivity contribution >= 4 is 11.8 Å². The Kier molecular flexibility index (Phi) is 5.27. The molecule has 0 unspecified atom stereocenters. The summed E-state index contributed by atoms with van der Waals surface area (Å²) in [4.78, 5) is 0. The summed E-state index contributed by atoms with van der Waals surface area (Å²) in [6.45, 7) is 0. The van der Waals surface area contributed by atoms with E-state index in [0.29, 0.717) is 11.3 Å². The van der Waals surface area contributed by atoms with E-state index >= 15 is 0 Å².